The Labute approximate surface area is 142 Å². The maximum Gasteiger partial charge on any atom is 0.343 e. The highest BCUT2D eigenvalue weighted by Gasteiger charge is 2.97. The molecule has 5 atom stereocenters. The van der Waals surface area contributed by atoms with Gasteiger partial charge in [-0.1, -0.05) is 12.1 Å². The summed E-state index contributed by atoms with van der Waals surface area (Å²) in [5.41, 5.74) is 3.95. The van der Waals surface area contributed by atoms with Gasteiger partial charge in [0.1, 0.15) is 0 Å². The fourth-order valence-electron chi connectivity index (χ4n) is 4.25. The molecule has 0 unspecified atom stereocenters. The summed E-state index contributed by atoms with van der Waals surface area (Å²) in [6, 6.07) is 10.1. The van der Waals surface area contributed by atoms with Gasteiger partial charge < -0.3 is 9.47 Å². The van der Waals surface area contributed by atoms with Crippen molar-refractivity contribution < 1.29 is 19.4 Å². The predicted octanol–water partition coefficient (Wildman–Crippen LogP) is -0.748. The molecule has 3 aliphatic rings. The van der Waals surface area contributed by atoms with Gasteiger partial charge in [-0.25, -0.2) is 4.99 Å². The smallest absolute Gasteiger partial charge is 0.311 e. The summed E-state index contributed by atoms with van der Waals surface area (Å²) < 4.78 is 11.6. The van der Waals surface area contributed by atoms with Crippen LogP contribution in [0.3, 0.4) is 0 Å². The number of benzene rings is 1. The van der Waals surface area contributed by atoms with Crippen LogP contribution in [0.4, 0.5) is 5.69 Å². The van der Waals surface area contributed by atoms with Gasteiger partial charge in [0.25, 0.3) is 11.5 Å². The van der Waals surface area contributed by atoms with Gasteiger partial charge in [0.2, 0.25) is 0 Å². The van der Waals surface area contributed by atoms with Crippen molar-refractivity contribution in [1.82, 2.24) is 0 Å². The number of rotatable bonds is 2. The van der Waals surface area contributed by atoms with E-state index in [2.05, 4.69) is 17.1 Å². The third-order valence-corrected chi connectivity index (χ3v) is 5.33. The van der Waals surface area contributed by atoms with E-state index in [-0.39, 0.29) is 24.2 Å². The molecule has 1 spiro atoms. The number of hydrogen-bond acceptors (Lipinski definition) is 7. The molecule has 0 bridgehead atoms. The number of nitrogens with two attached hydrogens (primary N) is 1. The molecule has 3 N–H and O–H groups in total. The molecule has 1 aromatic carbocycles. The number of ether oxygens (including phenoxy) is 2. The molecule has 4 rings (SSSR count). The fraction of sp³-hybridized carbons (Fsp3) is 0.438. The van der Waals surface area contributed by atoms with E-state index < -0.39 is 27.6 Å². The normalized spacial score (nSPS) is 40.8. The Bertz CT molecular complexity index is 901. The zero-order valence-corrected chi connectivity index (χ0v) is 13.2. The fourth-order valence-corrected chi connectivity index (χ4v) is 4.25. The molecule has 1 saturated carbocycles. The number of nitro groups is 1. The van der Waals surface area contributed by atoms with E-state index in [0.717, 1.165) is 0 Å². The SMILES string of the molecule is C[C@H]1CO[C@@]2([NH+]=C(N)[C@@]3(C#N)[C@@H](c4ccc([N+](=O)[O-])cc4)[C@@]23C#N)O1. The molecular formula is C16H14N5O4+. The van der Waals surface area contributed by atoms with Crippen LogP contribution in [0, 0.1) is 43.6 Å². The van der Waals surface area contributed by atoms with Crippen LogP contribution >= 0.6 is 0 Å². The van der Waals surface area contributed by atoms with Gasteiger partial charge in [0.05, 0.1) is 29.8 Å². The van der Waals surface area contributed by atoms with E-state index in [4.69, 9.17) is 15.2 Å². The number of non-ortho nitro benzene ring substituents is 1. The molecule has 1 saturated heterocycles. The van der Waals surface area contributed by atoms with Crippen molar-refractivity contribution >= 4 is 11.5 Å². The lowest BCUT2D eigenvalue weighted by molar-refractivity contribution is -0.677. The predicted molar refractivity (Wildman–Crippen MR) is 81.3 cm³/mol. The number of fused-ring (bicyclic) bond motifs is 2. The largest absolute Gasteiger partial charge is 0.343 e. The first-order chi connectivity index (χ1) is 11.9. The molecule has 2 heterocycles. The minimum atomic E-state index is -1.49. The number of nitrogens with zero attached hydrogens (tertiary/aromatic N) is 3. The molecule has 126 valence electrons. The number of amidine groups is 1. The average Bonchev–Trinajstić information content (AvgIpc) is 2.99. The van der Waals surface area contributed by atoms with E-state index in [9.17, 15) is 20.6 Å². The molecule has 2 aliphatic heterocycles. The van der Waals surface area contributed by atoms with Crippen molar-refractivity contribution in [3.63, 3.8) is 0 Å². The van der Waals surface area contributed by atoms with Crippen LogP contribution in [0.5, 0.6) is 0 Å². The second kappa shape index (κ2) is 4.54. The molecular weight excluding hydrogens is 326 g/mol. The molecule has 1 aromatic rings. The highest BCUT2D eigenvalue weighted by Crippen LogP contribution is 2.79. The van der Waals surface area contributed by atoms with E-state index in [1.807, 2.05) is 0 Å². The van der Waals surface area contributed by atoms with Crippen LogP contribution in [0.25, 0.3) is 0 Å². The maximum atomic E-state index is 10.9. The Kier molecular flexibility index (Phi) is 2.82. The highest BCUT2D eigenvalue weighted by atomic mass is 16.8. The lowest BCUT2D eigenvalue weighted by atomic mass is 9.94. The number of nitrogens with one attached hydrogen (secondary N) is 1. The summed E-state index contributed by atoms with van der Waals surface area (Å²) >= 11 is 0. The van der Waals surface area contributed by atoms with Crippen LogP contribution in [0.15, 0.2) is 24.3 Å². The summed E-state index contributed by atoms with van der Waals surface area (Å²) in [6.07, 6.45) is -0.266. The minimum absolute atomic E-state index is 0.0710. The van der Waals surface area contributed by atoms with Crippen molar-refractivity contribution in [3.8, 4) is 12.1 Å². The lowest BCUT2D eigenvalue weighted by Crippen LogP contribution is -2.90. The molecule has 0 radical (unpaired) electrons. The standard InChI is InChI=1S/C16H13N5O4/c1-9-6-24-16(25-9)15(8-18)12(14(15,7-17)13(19)20-16)10-2-4-11(5-3-10)21(22)23/h2-5,9,12H,6H2,1H3,(H2,19,20)/p+1/t9-,12+,14+,15+,16+/m0/s1. The third-order valence-electron chi connectivity index (χ3n) is 5.33. The quantitative estimate of drug-likeness (QED) is 0.531. The van der Waals surface area contributed by atoms with E-state index in [1.165, 1.54) is 12.1 Å². The number of nitriles is 2. The number of nitro benzene ring substituents is 1. The van der Waals surface area contributed by atoms with Gasteiger partial charge >= 0.3 is 5.91 Å². The third kappa shape index (κ3) is 1.50. The van der Waals surface area contributed by atoms with Gasteiger partial charge in [-0.3, -0.25) is 15.8 Å². The Morgan fingerprint density at radius 2 is 2.04 bits per heavy atom. The van der Waals surface area contributed by atoms with Crippen molar-refractivity contribution in [3.05, 3.63) is 39.9 Å². The Morgan fingerprint density at radius 3 is 2.52 bits per heavy atom. The Morgan fingerprint density at radius 1 is 1.36 bits per heavy atom. The summed E-state index contributed by atoms with van der Waals surface area (Å²) in [6.45, 7) is 2.06. The minimum Gasteiger partial charge on any atom is -0.311 e. The van der Waals surface area contributed by atoms with Gasteiger partial charge in [-0.15, -0.1) is 0 Å². The second-order valence-electron chi connectivity index (χ2n) is 6.52. The van der Waals surface area contributed by atoms with Gasteiger partial charge in [0, 0.05) is 18.1 Å². The second-order valence-corrected chi connectivity index (χ2v) is 6.52. The molecule has 9 heteroatoms. The maximum absolute atomic E-state index is 10.9. The van der Waals surface area contributed by atoms with Crippen molar-refractivity contribution in [1.29, 1.82) is 10.5 Å². The molecule has 0 aromatic heterocycles. The molecule has 9 nitrogen and oxygen atoms in total. The van der Waals surface area contributed by atoms with Gasteiger partial charge in [-0.2, -0.15) is 10.5 Å². The van der Waals surface area contributed by atoms with Crippen LogP contribution in [-0.2, 0) is 9.47 Å². The van der Waals surface area contributed by atoms with E-state index >= 15 is 0 Å². The summed E-state index contributed by atoms with van der Waals surface area (Å²) in [5, 5.41) is 30.7. The van der Waals surface area contributed by atoms with Gasteiger partial charge in [0.15, 0.2) is 10.8 Å². The summed E-state index contributed by atoms with van der Waals surface area (Å²) in [4.78, 5) is 13.2. The molecule has 0 amide bonds. The first kappa shape index (κ1) is 15.5. The summed E-state index contributed by atoms with van der Waals surface area (Å²) in [7, 11) is 0. The first-order valence-electron chi connectivity index (χ1n) is 7.68. The van der Waals surface area contributed by atoms with Crippen LogP contribution in [0.1, 0.15) is 18.4 Å². The van der Waals surface area contributed by atoms with E-state index in [0.29, 0.717) is 5.56 Å². The lowest BCUT2D eigenvalue weighted by Gasteiger charge is -2.23. The first-order valence-corrected chi connectivity index (χ1v) is 7.68. The van der Waals surface area contributed by atoms with Crippen molar-refractivity contribution in [2.45, 2.75) is 24.9 Å². The highest BCUT2D eigenvalue weighted by molar-refractivity contribution is 5.95. The Balaban J connectivity index is 1.85. The monoisotopic (exact) mass is 340 g/mol. The van der Waals surface area contributed by atoms with Gasteiger partial charge in [-0.05, 0) is 12.5 Å². The molecule has 2 fully saturated rings. The van der Waals surface area contributed by atoms with Crippen molar-refractivity contribution in [2.75, 3.05) is 6.61 Å². The molecule has 25 heavy (non-hydrogen) atoms. The zero-order chi connectivity index (χ0) is 18.0. The average molecular weight is 340 g/mol. The van der Waals surface area contributed by atoms with Crippen LogP contribution in [0.2, 0.25) is 0 Å². The summed E-state index contributed by atoms with van der Waals surface area (Å²) in [5.74, 6) is -1.98. The van der Waals surface area contributed by atoms with Crippen molar-refractivity contribution in [2.24, 2.45) is 16.6 Å². The zero-order valence-electron chi connectivity index (χ0n) is 13.2. The van der Waals surface area contributed by atoms with Crippen LogP contribution < -0.4 is 10.7 Å². The Hall–Kier alpha value is -3.01. The topological polar surface area (TPSA) is 149 Å². The van der Waals surface area contributed by atoms with E-state index in [1.54, 1.807) is 19.1 Å². The van der Waals surface area contributed by atoms with Crippen LogP contribution in [-0.4, -0.2) is 29.4 Å². The molecule has 1 aliphatic carbocycles. The number of hydrogen-bond donors (Lipinski definition) is 2.